The molecule has 1 atom stereocenters. The lowest BCUT2D eigenvalue weighted by Crippen LogP contribution is -2.57. The molecule has 0 spiro atoms. The van der Waals surface area contributed by atoms with Crippen LogP contribution in [0, 0.1) is 6.92 Å². The number of rotatable bonds is 4. The first-order valence-electron chi connectivity index (χ1n) is 8.88. The molecule has 1 aliphatic heterocycles. The smallest absolute Gasteiger partial charge is 0.258 e. The van der Waals surface area contributed by atoms with E-state index in [1.807, 2.05) is 31.2 Å². The van der Waals surface area contributed by atoms with Gasteiger partial charge in [0.05, 0.1) is 25.5 Å². The number of ether oxygens (including phenoxy) is 2. The van der Waals surface area contributed by atoms with Crippen molar-refractivity contribution >= 4 is 17.5 Å². The van der Waals surface area contributed by atoms with E-state index in [9.17, 15) is 9.59 Å². The molecule has 2 aromatic rings. The van der Waals surface area contributed by atoms with Crippen LogP contribution < -0.4 is 14.4 Å². The van der Waals surface area contributed by atoms with Gasteiger partial charge < -0.3 is 19.3 Å². The molecular weight excluding hydrogens is 344 g/mol. The number of piperazine rings is 1. The normalized spacial score (nSPS) is 17.0. The average molecular weight is 368 g/mol. The van der Waals surface area contributed by atoms with Gasteiger partial charge in [0.2, 0.25) is 5.91 Å². The van der Waals surface area contributed by atoms with Gasteiger partial charge in [-0.05, 0) is 43.7 Å². The number of para-hydroxylation sites is 1. The van der Waals surface area contributed by atoms with E-state index >= 15 is 0 Å². The van der Waals surface area contributed by atoms with Crippen molar-refractivity contribution in [1.82, 2.24) is 4.90 Å². The van der Waals surface area contributed by atoms with E-state index < -0.39 is 6.04 Å². The summed E-state index contributed by atoms with van der Waals surface area (Å²) in [4.78, 5) is 29.4. The van der Waals surface area contributed by atoms with Crippen molar-refractivity contribution in [2.75, 3.05) is 32.2 Å². The van der Waals surface area contributed by atoms with Crippen molar-refractivity contribution < 1.29 is 19.1 Å². The van der Waals surface area contributed by atoms with E-state index in [0.29, 0.717) is 30.2 Å². The Hall–Kier alpha value is -3.02. The molecule has 2 amide bonds. The summed E-state index contributed by atoms with van der Waals surface area (Å²) >= 11 is 0. The SMILES string of the molecule is COc1ccccc1C(=O)N1CCN(c2cc(C)ccc2OC)C(=O)C1C. The molecule has 0 aliphatic carbocycles. The third kappa shape index (κ3) is 3.47. The Morgan fingerprint density at radius 2 is 1.74 bits per heavy atom. The number of hydrogen-bond donors (Lipinski definition) is 0. The van der Waals surface area contributed by atoms with Gasteiger partial charge in [0, 0.05) is 13.1 Å². The molecule has 0 aromatic heterocycles. The Labute approximate surface area is 159 Å². The van der Waals surface area contributed by atoms with Crippen molar-refractivity contribution in [3.63, 3.8) is 0 Å². The highest BCUT2D eigenvalue weighted by atomic mass is 16.5. The zero-order chi connectivity index (χ0) is 19.6. The summed E-state index contributed by atoms with van der Waals surface area (Å²) in [5, 5.41) is 0. The Kier molecular flexibility index (Phi) is 5.35. The van der Waals surface area contributed by atoms with E-state index in [-0.39, 0.29) is 11.8 Å². The van der Waals surface area contributed by atoms with Crippen LogP contribution in [0.2, 0.25) is 0 Å². The fourth-order valence-corrected chi connectivity index (χ4v) is 3.37. The van der Waals surface area contributed by atoms with Crippen LogP contribution in [0.15, 0.2) is 42.5 Å². The molecule has 2 aromatic carbocycles. The molecule has 27 heavy (non-hydrogen) atoms. The molecule has 6 nitrogen and oxygen atoms in total. The van der Waals surface area contributed by atoms with Crippen molar-refractivity contribution in [3.05, 3.63) is 53.6 Å². The molecule has 142 valence electrons. The van der Waals surface area contributed by atoms with E-state index in [2.05, 4.69) is 0 Å². The Morgan fingerprint density at radius 3 is 2.44 bits per heavy atom. The molecule has 1 fully saturated rings. The first-order chi connectivity index (χ1) is 13.0. The van der Waals surface area contributed by atoms with Gasteiger partial charge in [-0.1, -0.05) is 18.2 Å². The minimum absolute atomic E-state index is 0.131. The lowest BCUT2D eigenvalue weighted by Gasteiger charge is -2.39. The van der Waals surface area contributed by atoms with Crippen LogP contribution in [-0.4, -0.2) is 50.1 Å². The lowest BCUT2D eigenvalue weighted by atomic mass is 10.1. The molecular formula is C21H24N2O4. The van der Waals surface area contributed by atoms with Crippen molar-refractivity contribution in [1.29, 1.82) is 0 Å². The molecule has 0 N–H and O–H groups in total. The highest BCUT2D eigenvalue weighted by Gasteiger charge is 2.37. The van der Waals surface area contributed by atoms with Gasteiger partial charge in [0.15, 0.2) is 0 Å². The van der Waals surface area contributed by atoms with Gasteiger partial charge in [-0.15, -0.1) is 0 Å². The molecule has 1 aliphatic rings. The van der Waals surface area contributed by atoms with Gasteiger partial charge in [-0.3, -0.25) is 9.59 Å². The predicted molar refractivity (Wildman–Crippen MR) is 104 cm³/mol. The number of benzene rings is 2. The van der Waals surface area contributed by atoms with Crippen LogP contribution in [0.25, 0.3) is 0 Å². The van der Waals surface area contributed by atoms with Gasteiger partial charge in [-0.25, -0.2) is 0 Å². The first-order valence-corrected chi connectivity index (χ1v) is 8.88. The number of hydrogen-bond acceptors (Lipinski definition) is 4. The molecule has 0 saturated carbocycles. The molecule has 1 saturated heterocycles. The number of methoxy groups -OCH3 is 2. The maximum absolute atomic E-state index is 13.1. The van der Waals surface area contributed by atoms with Crippen LogP contribution in [0.4, 0.5) is 5.69 Å². The average Bonchev–Trinajstić information content (AvgIpc) is 2.69. The number of aryl methyl sites for hydroxylation is 1. The number of nitrogens with zero attached hydrogens (tertiary/aromatic N) is 2. The summed E-state index contributed by atoms with van der Waals surface area (Å²) in [5.74, 6) is 0.813. The minimum atomic E-state index is -0.582. The molecule has 1 unspecified atom stereocenters. The second-order valence-electron chi connectivity index (χ2n) is 6.54. The zero-order valence-corrected chi connectivity index (χ0v) is 16.1. The quantitative estimate of drug-likeness (QED) is 0.833. The summed E-state index contributed by atoms with van der Waals surface area (Å²) < 4.78 is 10.7. The Morgan fingerprint density at radius 1 is 1.04 bits per heavy atom. The Balaban J connectivity index is 1.87. The summed E-state index contributed by atoms with van der Waals surface area (Å²) in [7, 11) is 3.12. The van der Waals surface area contributed by atoms with Crippen LogP contribution in [0.1, 0.15) is 22.8 Å². The number of amides is 2. The molecule has 6 heteroatoms. The number of carbonyl (C=O) groups is 2. The fraction of sp³-hybridized carbons (Fsp3) is 0.333. The molecule has 3 rings (SSSR count). The van der Waals surface area contributed by atoms with E-state index in [1.165, 1.54) is 7.11 Å². The highest BCUT2D eigenvalue weighted by molar-refractivity contribution is 6.05. The second-order valence-corrected chi connectivity index (χ2v) is 6.54. The van der Waals surface area contributed by atoms with Crippen LogP contribution >= 0.6 is 0 Å². The minimum Gasteiger partial charge on any atom is -0.496 e. The topological polar surface area (TPSA) is 59.1 Å². The highest BCUT2D eigenvalue weighted by Crippen LogP contribution is 2.32. The molecule has 0 bridgehead atoms. The van der Waals surface area contributed by atoms with E-state index in [1.54, 1.807) is 42.0 Å². The monoisotopic (exact) mass is 368 g/mol. The van der Waals surface area contributed by atoms with Gasteiger partial charge in [0.1, 0.15) is 17.5 Å². The Bertz CT molecular complexity index is 865. The summed E-state index contributed by atoms with van der Waals surface area (Å²) in [6.07, 6.45) is 0. The largest absolute Gasteiger partial charge is 0.496 e. The van der Waals surface area contributed by atoms with Gasteiger partial charge >= 0.3 is 0 Å². The van der Waals surface area contributed by atoms with Gasteiger partial charge in [0.25, 0.3) is 5.91 Å². The van der Waals surface area contributed by atoms with Crippen LogP contribution in [-0.2, 0) is 4.79 Å². The van der Waals surface area contributed by atoms with E-state index in [0.717, 1.165) is 11.3 Å². The lowest BCUT2D eigenvalue weighted by molar-refractivity contribution is -0.124. The van der Waals surface area contributed by atoms with Crippen LogP contribution in [0.5, 0.6) is 11.5 Å². The first kappa shape index (κ1) is 18.8. The van der Waals surface area contributed by atoms with Crippen LogP contribution in [0.3, 0.4) is 0 Å². The fourth-order valence-electron chi connectivity index (χ4n) is 3.37. The van der Waals surface area contributed by atoms with Crippen molar-refractivity contribution in [2.45, 2.75) is 19.9 Å². The standard InChI is InChI=1S/C21H24N2O4/c1-14-9-10-19(27-4)17(13-14)23-12-11-22(15(2)20(23)24)21(25)16-7-5-6-8-18(16)26-3/h5-10,13,15H,11-12H2,1-4H3. The molecule has 0 radical (unpaired) electrons. The predicted octanol–water partition coefficient (Wildman–Crippen LogP) is 2.89. The van der Waals surface area contributed by atoms with E-state index in [4.69, 9.17) is 9.47 Å². The second kappa shape index (κ2) is 7.70. The van der Waals surface area contributed by atoms with Crippen molar-refractivity contribution in [3.8, 4) is 11.5 Å². The summed E-state index contributed by atoms with van der Waals surface area (Å²) in [6.45, 7) is 4.56. The van der Waals surface area contributed by atoms with Gasteiger partial charge in [-0.2, -0.15) is 0 Å². The summed E-state index contributed by atoms with van der Waals surface area (Å²) in [5.41, 5.74) is 2.23. The zero-order valence-electron chi connectivity index (χ0n) is 16.1. The third-order valence-electron chi connectivity index (χ3n) is 4.88. The number of carbonyl (C=O) groups excluding carboxylic acids is 2. The maximum Gasteiger partial charge on any atom is 0.258 e. The molecule has 1 heterocycles. The van der Waals surface area contributed by atoms with Crippen molar-refractivity contribution in [2.24, 2.45) is 0 Å². The number of anilines is 1. The summed E-state index contributed by atoms with van der Waals surface area (Å²) in [6, 6.07) is 12.2. The maximum atomic E-state index is 13.1. The third-order valence-corrected chi connectivity index (χ3v) is 4.88.